The molecule has 0 aromatic carbocycles. The van der Waals surface area contributed by atoms with Crippen LogP contribution >= 0.6 is 11.6 Å². The highest BCUT2D eigenvalue weighted by molar-refractivity contribution is 7.91. The lowest BCUT2D eigenvalue weighted by atomic mass is 10.3. The number of aromatic nitrogens is 3. The van der Waals surface area contributed by atoms with E-state index in [2.05, 4.69) is 5.10 Å². The molecule has 0 aliphatic heterocycles. The number of halogens is 4. The number of hydrogen-bond donors (Lipinski definition) is 0. The lowest BCUT2D eigenvalue weighted by molar-refractivity contribution is -0.605. The van der Waals surface area contributed by atoms with Gasteiger partial charge >= 0.3 is 6.18 Å². The summed E-state index contributed by atoms with van der Waals surface area (Å²) in [6.45, 7) is 1.81. The SMILES string of the molecule is CCN(C(=O)CCS(=O)(=O)CCCC(F)(F)F)c1cn(-c2ccc[n+]([O-])c2)nc1Cl. The van der Waals surface area contributed by atoms with E-state index >= 15 is 0 Å². The van der Waals surface area contributed by atoms with Crippen molar-refractivity contribution < 1.29 is 31.1 Å². The van der Waals surface area contributed by atoms with Crippen molar-refractivity contribution >= 4 is 33.0 Å². The predicted molar refractivity (Wildman–Crippen MR) is 104 cm³/mol. The molecule has 0 saturated carbocycles. The van der Waals surface area contributed by atoms with Crippen molar-refractivity contribution in [2.75, 3.05) is 23.0 Å². The van der Waals surface area contributed by atoms with Crippen molar-refractivity contribution in [3.63, 3.8) is 0 Å². The van der Waals surface area contributed by atoms with Crippen LogP contribution in [-0.4, -0.2) is 48.3 Å². The van der Waals surface area contributed by atoms with Crippen LogP contribution in [0.5, 0.6) is 0 Å². The normalized spacial score (nSPS) is 12.2. The number of anilines is 1. The highest BCUT2D eigenvalue weighted by Crippen LogP contribution is 2.26. The first-order chi connectivity index (χ1) is 13.9. The Hall–Kier alpha value is -2.34. The molecule has 30 heavy (non-hydrogen) atoms. The van der Waals surface area contributed by atoms with Crippen LogP contribution in [0, 0.1) is 5.21 Å². The zero-order chi connectivity index (χ0) is 22.5. The quantitative estimate of drug-likeness (QED) is 0.416. The van der Waals surface area contributed by atoms with E-state index in [1.54, 1.807) is 13.0 Å². The fourth-order valence-electron chi connectivity index (χ4n) is 2.69. The van der Waals surface area contributed by atoms with E-state index in [1.165, 1.54) is 34.2 Å². The van der Waals surface area contributed by atoms with E-state index in [0.717, 1.165) is 0 Å². The Kier molecular flexibility index (Phi) is 7.70. The zero-order valence-corrected chi connectivity index (χ0v) is 17.5. The van der Waals surface area contributed by atoms with E-state index < -0.39 is 52.7 Å². The molecule has 2 aromatic heterocycles. The standard InChI is InChI=1S/C17H20ClF3N4O4S/c1-2-24(15(26)6-10-30(28,29)9-4-7-17(19,20)21)14-12-25(22-16(14)18)13-5-3-8-23(27)11-13/h3,5,8,11-12H,2,4,6-7,9-10H2,1H3. The van der Waals surface area contributed by atoms with Gasteiger partial charge in [-0.05, 0) is 19.4 Å². The third kappa shape index (κ3) is 6.87. The van der Waals surface area contributed by atoms with Crippen LogP contribution in [0.4, 0.5) is 18.9 Å². The Morgan fingerprint density at radius 3 is 2.67 bits per heavy atom. The molecule has 0 atom stereocenters. The Labute approximate surface area is 176 Å². The second-order valence-electron chi connectivity index (χ2n) is 6.43. The van der Waals surface area contributed by atoms with Crippen LogP contribution in [0.2, 0.25) is 5.15 Å². The van der Waals surface area contributed by atoms with Crippen molar-refractivity contribution in [2.24, 2.45) is 0 Å². The van der Waals surface area contributed by atoms with Crippen LogP contribution in [0.1, 0.15) is 26.2 Å². The number of sulfone groups is 1. The smallest absolute Gasteiger partial charge is 0.389 e. The maximum Gasteiger partial charge on any atom is 0.389 e. The van der Waals surface area contributed by atoms with Crippen molar-refractivity contribution in [1.82, 2.24) is 9.78 Å². The molecule has 0 spiro atoms. The van der Waals surface area contributed by atoms with Crippen molar-refractivity contribution in [3.05, 3.63) is 41.1 Å². The van der Waals surface area contributed by atoms with Gasteiger partial charge in [0, 0.05) is 25.5 Å². The van der Waals surface area contributed by atoms with Gasteiger partial charge in [0.05, 0.1) is 17.7 Å². The molecular weight excluding hydrogens is 449 g/mol. The number of nitrogens with zero attached hydrogens (tertiary/aromatic N) is 4. The van der Waals surface area contributed by atoms with Gasteiger partial charge in [0.15, 0.2) is 21.2 Å². The van der Waals surface area contributed by atoms with Crippen LogP contribution in [0.15, 0.2) is 30.7 Å². The lowest BCUT2D eigenvalue weighted by Gasteiger charge is -2.19. The molecule has 0 N–H and O–H groups in total. The molecule has 8 nitrogen and oxygen atoms in total. The highest BCUT2D eigenvalue weighted by atomic mass is 35.5. The minimum Gasteiger partial charge on any atom is -0.619 e. The van der Waals surface area contributed by atoms with E-state index in [4.69, 9.17) is 11.6 Å². The molecule has 0 unspecified atom stereocenters. The van der Waals surface area contributed by atoms with Gasteiger partial charge in [-0.15, -0.1) is 0 Å². The monoisotopic (exact) mass is 468 g/mol. The highest BCUT2D eigenvalue weighted by Gasteiger charge is 2.28. The number of pyridine rings is 1. The number of rotatable bonds is 9. The number of carbonyl (C=O) groups is 1. The largest absolute Gasteiger partial charge is 0.619 e. The zero-order valence-electron chi connectivity index (χ0n) is 16.0. The Morgan fingerprint density at radius 2 is 2.07 bits per heavy atom. The van der Waals surface area contributed by atoms with Gasteiger partial charge in [0.25, 0.3) is 0 Å². The molecular formula is C17H20ClF3N4O4S. The van der Waals surface area contributed by atoms with Crippen LogP contribution in [0.3, 0.4) is 0 Å². The molecule has 0 saturated heterocycles. The summed E-state index contributed by atoms with van der Waals surface area (Å²) in [6.07, 6.45) is -2.62. The predicted octanol–water partition coefficient (Wildman–Crippen LogP) is 2.66. The average Bonchev–Trinajstić information content (AvgIpc) is 3.01. The topological polar surface area (TPSA) is 99.2 Å². The number of carbonyl (C=O) groups excluding carboxylic acids is 1. The van der Waals surface area contributed by atoms with Crippen molar-refractivity contribution in [3.8, 4) is 5.69 Å². The van der Waals surface area contributed by atoms with Gasteiger partial charge in [-0.1, -0.05) is 11.6 Å². The number of hydrogen-bond acceptors (Lipinski definition) is 5. The van der Waals surface area contributed by atoms with E-state index in [-0.39, 0.29) is 17.4 Å². The minimum atomic E-state index is -4.43. The van der Waals surface area contributed by atoms with Gasteiger partial charge in [-0.2, -0.15) is 23.0 Å². The van der Waals surface area contributed by atoms with Gasteiger partial charge in [0.1, 0.15) is 11.4 Å². The molecule has 166 valence electrons. The first-order valence-electron chi connectivity index (χ1n) is 8.94. The molecule has 2 heterocycles. The summed E-state index contributed by atoms with van der Waals surface area (Å²) in [5.74, 6) is -1.78. The summed E-state index contributed by atoms with van der Waals surface area (Å²) in [4.78, 5) is 13.8. The molecule has 0 bridgehead atoms. The van der Waals surface area contributed by atoms with Crippen LogP contribution in [0.25, 0.3) is 5.69 Å². The number of alkyl halides is 3. The van der Waals surface area contributed by atoms with Crippen molar-refractivity contribution in [1.29, 1.82) is 0 Å². The molecule has 0 fully saturated rings. The second kappa shape index (κ2) is 9.65. The summed E-state index contributed by atoms with van der Waals surface area (Å²) in [5, 5.41) is 15.5. The Bertz CT molecular complexity index is 995. The molecule has 13 heteroatoms. The maximum absolute atomic E-state index is 12.5. The fourth-order valence-corrected chi connectivity index (χ4v) is 4.20. The summed E-state index contributed by atoms with van der Waals surface area (Å²) < 4.78 is 62.3. The summed E-state index contributed by atoms with van der Waals surface area (Å²) in [7, 11) is -3.81. The van der Waals surface area contributed by atoms with Gasteiger partial charge in [-0.3, -0.25) is 4.79 Å². The minimum absolute atomic E-state index is 0.0282. The second-order valence-corrected chi connectivity index (χ2v) is 9.09. The van der Waals surface area contributed by atoms with Gasteiger partial charge < -0.3 is 10.1 Å². The van der Waals surface area contributed by atoms with E-state index in [9.17, 15) is 31.6 Å². The molecule has 0 aliphatic carbocycles. The molecule has 0 radical (unpaired) electrons. The van der Waals surface area contributed by atoms with Crippen LogP contribution in [-0.2, 0) is 14.6 Å². The van der Waals surface area contributed by atoms with E-state index in [0.29, 0.717) is 10.4 Å². The Morgan fingerprint density at radius 1 is 1.37 bits per heavy atom. The average molecular weight is 469 g/mol. The third-order valence-electron chi connectivity index (χ3n) is 4.13. The fraction of sp³-hybridized carbons (Fsp3) is 0.471. The molecule has 2 rings (SSSR count). The first kappa shape index (κ1) is 23.9. The Balaban J connectivity index is 2.06. The molecule has 2 aromatic rings. The maximum atomic E-state index is 12.5. The number of amides is 1. The summed E-state index contributed by atoms with van der Waals surface area (Å²) in [5.41, 5.74) is 0.622. The summed E-state index contributed by atoms with van der Waals surface area (Å²) >= 11 is 6.12. The first-order valence-corrected chi connectivity index (χ1v) is 11.1. The lowest BCUT2D eigenvalue weighted by Crippen LogP contribution is -2.32. The third-order valence-corrected chi connectivity index (χ3v) is 6.13. The van der Waals surface area contributed by atoms with Gasteiger partial charge in [-0.25, -0.2) is 13.1 Å². The van der Waals surface area contributed by atoms with Crippen LogP contribution < -0.4 is 9.63 Å². The van der Waals surface area contributed by atoms with Crippen molar-refractivity contribution in [2.45, 2.75) is 32.4 Å². The molecule has 0 aliphatic rings. The molecule has 1 amide bonds. The van der Waals surface area contributed by atoms with E-state index in [1.807, 2.05) is 0 Å². The summed E-state index contributed by atoms with van der Waals surface area (Å²) in [6, 6.07) is 3.11. The van der Waals surface area contributed by atoms with Gasteiger partial charge in [0.2, 0.25) is 12.1 Å².